The first kappa shape index (κ1) is 20.9. The highest BCUT2D eigenvalue weighted by Gasteiger charge is 2.19. The van der Waals surface area contributed by atoms with Crippen LogP contribution in [-0.4, -0.2) is 14.5 Å². The summed E-state index contributed by atoms with van der Waals surface area (Å²) < 4.78 is 21.6. The standard InChI is InChI=1S/C25H18FN5O/c1-31-16-29-14-23(31)25(19-5-2-17(11-27)3-6-19)32-15-21-7-4-18(12-28)10-22(21)20-8-9-24(26)30-13-20/h2-10,13-14,16,25H,15H2,1H3. The summed E-state index contributed by atoms with van der Waals surface area (Å²) in [7, 11) is 1.89. The van der Waals surface area contributed by atoms with Crippen LogP contribution in [0.3, 0.4) is 0 Å². The summed E-state index contributed by atoms with van der Waals surface area (Å²) in [6.45, 7) is 0.230. The summed E-state index contributed by atoms with van der Waals surface area (Å²) in [5, 5.41) is 18.4. The number of benzene rings is 2. The van der Waals surface area contributed by atoms with Gasteiger partial charge in [0, 0.05) is 18.8 Å². The fourth-order valence-corrected chi connectivity index (χ4v) is 3.45. The Kier molecular flexibility index (Phi) is 6.03. The third-order valence-corrected chi connectivity index (χ3v) is 5.15. The molecule has 0 saturated heterocycles. The average Bonchev–Trinajstić information content (AvgIpc) is 3.26. The van der Waals surface area contributed by atoms with Gasteiger partial charge in [-0.3, -0.25) is 0 Å². The van der Waals surface area contributed by atoms with Crippen molar-refractivity contribution in [2.75, 3.05) is 0 Å². The molecule has 32 heavy (non-hydrogen) atoms. The van der Waals surface area contributed by atoms with Crippen LogP contribution in [0.25, 0.3) is 11.1 Å². The van der Waals surface area contributed by atoms with Gasteiger partial charge in [-0.15, -0.1) is 0 Å². The molecule has 1 atom stereocenters. The van der Waals surface area contributed by atoms with E-state index in [0.29, 0.717) is 16.7 Å². The molecule has 2 aromatic carbocycles. The van der Waals surface area contributed by atoms with Crippen LogP contribution >= 0.6 is 0 Å². The molecule has 4 rings (SSSR count). The van der Waals surface area contributed by atoms with Crippen LogP contribution in [0.4, 0.5) is 4.39 Å². The second-order valence-corrected chi connectivity index (χ2v) is 7.21. The third-order valence-electron chi connectivity index (χ3n) is 5.15. The van der Waals surface area contributed by atoms with E-state index in [-0.39, 0.29) is 6.61 Å². The molecule has 0 fully saturated rings. The smallest absolute Gasteiger partial charge is 0.212 e. The number of nitrogens with zero attached hydrogens (tertiary/aromatic N) is 5. The molecule has 0 aliphatic carbocycles. The monoisotopic (exact) mass is 423 g/mol. The van der Waals surface area contributed by atoms with Crippen LogP contribution in [0.15, 0.2) is 73.3 Å². The zero-order chi connectivity index (χ0) is 22.5. The van der Waals surface area contributed by atoms with Crippen molar-refractivity contribution in [3.8, 4) is 23.3 Å². The molecular formula is C25H18FN5O. The van der Waals surface area contributed by atoms with Crippen molar-refractivity contribution in [2.45, 2.75) is 12.7 Å². The van der Waals surface area contributed by atoms with Crippen LogP contribution < -0.4 is 0 Å². The molecule has 0 spiro atoms. The lowest BCUT2D eigenvalue weighted by Crippen LogP contribution is -2.11. The molecule has 0 aliphatic rings. The van der Waals surface area contributed by atoms with Gasteiger partial charge in [0.25, 0.3) is 0 Å². The van der Waals surface area contributed by atoms with E-state index in [1.807, 2.05) is 29.8 Å². The van der Waals surface area contributed by atoms with E-state index in [9.17, 15) is 9.65 Å². The van der Waals surface area contributed by atoms with Gasteiger partial charge in [0.15, 0.2) is 0 Å². The van der Waals surface area contributed by atoms with Crippen LogP contribution in [0.2, 0.25) is 0 Å². The Morgan fingerprint density at radius 3 is 2.38 bits per heavy atom. The minimum absolute atomic E-state index is 0.230. The lowest BCUT2D eigenvalue weighted by atomic mass is 9.99. The molecule has 0 N–H and O–H groups in total. The van der Waals surface area contributed by atoms with Crippen LogP contribution in [0.5, 0.6) is 0 Å². The largest absolute Gasteiger partial charge is 0.362 e. The van der Waals surface area contributed by atoms with Gasteiger partial charge in [-0.1, -0.05) is 18.2 Å². The number of pyridine rings is 1. The van der Waals surface area contributed by atoms with Crippen molar-refractivity contribution in [1.29, 1.82) is 10.5 Å². The Balaban J connectivity index is 1.69. The van der Waals surface area contributed by atoms with Crippen molar-refractivity contribution in [3.63, 3.8) is 0 Å². The lowest BCUT2D eigenvalue weighted by molar-refractivity contribution is 0.0624. The summed E-state index contributed by atoms with van der Waals surface area (Å²) in [5.74, 6) is -0.569. The number of aromatic nitrogens is 3. The number of nitriles is 2. The third kappa shape index (κ3) is 4.39. The zero-order valence-corrected chi connectivity index (χ0v) is 17.2. The maximum Gasteiger partial charge on any atom is 0.212 e. The molecule has 4 aromatic rings. The quantitative estimate of drug-likeness (QED) is 0.421. The molecule has 1 unspecified atom stereocenters. The Labute approximate surface area is 184 Å². The van der Waals surface area contributed by atoms with Gasteiger partial charge in [-0.25, -0.2) is 9.97 Å². The molecule has 0 saturated carbocycles. The summed E-state index contributed by atoms with van der Waals surface area (Å²) in [6.07, 6.45) is 4.46. The molecule has 0 amide bonds. The normalized spacial score (nSPS) is 11.5. The fraction of sp³-hybridized carbons (Fsp3) is 0.120. The first-order chi connectivity index (χ1) is 15.6. The summed E-state index contributed by atoms with van der Waals surface area (Å²) in [4.78, 5) is 7.94. The Hall–Kier alpha value is -4.33. The second-order valence-electron chi connectivity index (χ2n) is 7.21. The molecule has 7 heteroatoms. The van der Waals surface area contributed by atoms with Gasteiger partial charge in [-0.2, -0.15) is 14.9 Å². The van der Waals surface area contributed by atoms with Crippen LogP contribution in [-0.2, 0) is 18.4 Å². The van der Waals surface area contributed by atoms with Crippen molar-refractivity contribution in [2.24, 2.45) is 7.05 Å². The number of aryl methyl sites for hydroxylation is 1. The van der Waals surface area contributed by atoms with E-state index < -0.39 is 12.1 Å². The molecule has 0 bridgehead atoms. The van der Waals surface area contributed by atoms with Crippen molar-refractivity contribution >= 4 is 0 Å². The molecule has 6 nitrogen and oxygen atoms in total. The van der Waals surface area contributed by atoms with E-state index in [2.05, 4.69) is 22.1 Å². The number of hydrogen-bond acceptors (Lipinski definition) is 5. The fourth-order valence-electron chi connectivity index (χ4n) is 3.45. The maximum absolute atomic E-state index is 13.3. The Morgan fingerprint density at radius 2 is 1.75 bits per heavy atom. The number of halogens is 1. The Morgan fingerprint density at radius 1 is 1.00 bits per heavy atom. The average molecular weight is 423 g/mol. The van der Waals surface area contributed by atoms with E-state index in [1.165, 1.54) is 12.3 Å². The summed E-state index contributed by atoms with van der Waals surface area (Å²) >= 11 is 0. The van der Waals surface area contributed by atoms with E-state index in [0.717, 1.165) is 22.4 Å². The van der Waals surface area contributed by atoms with Gasteiger partial charge in [-0.05, 0) is 53.1 Å². The van der Waals surface area contributed by atoms with Gasteiger partial charge in [0.1, 0.15) is 6.10 Å². The number of rotatable bonds is 6. The number of hydrogen-bond donors (Lipinski definition) is 0. The topological polar surface area (TPSA) is 87.5 Å². The highest BCUT2D eigenvalue weighted by Crippen LogP contribution is 2.30. The van der Waals surface area contributed by atoms with Crippen molar-refractivity contribution in [3.05, 3.63) is 107 Å². The van der Waals surface area contributed by atoms with Gasteiger partial charge in [0.05, 0.1) is 48.1 Å². The van der Waals surface area contributed by atoms with Gasteiger partial charge >= 0.3 is 0 Å². The van der Waals surface area contributed by atoms with Gasteiger partial charge in [0.2, 0.25) is 5.95 Å². The Bertz CT molecular complexity index is 1310. The maximum atomic E-state index is 13.3. The first-order valence-corrected chi connectivity index (χ1v) is 9.82. The summed E-state index contributed by atoms with van der Waals surface area (Å²) in [5.41, 5.74) is 5.06. The predicted octanol–water partition coefficient (Wildman–Crippen LogP) is 4.67. The minimum Gasteiger partial charge on any atom is -0.362 e. The van der Waals surface area contributed by atoms with Crippen LogP contribution in [0.1, 0.15) is 34.1 Å². The molecule has 2 heterocycles. The zero-order valence-electron chi connectivity index (χ0n) is 17.2. The molecule has 156 valence electrons. The summed E-state index contributed by atoms with van der Waals surface area (Å²) in [6, 6.07) is 19.7. The van der Waals surface area contributed by atoms with Gasteiger partial charge < -0.3 is 9.30 Å². The minimum atomic E-state index is -0.569. The lowest BCUT2D eigenvalue weighted by Gasteiger charge is -2.20. The highest BCUT2D eigenvalue weighted by atomic mass is 19.1. The number of imidazole rings is 1. The van der Waals surface area contributed by atoms with E-state index in [1.54, 1.807) is 42.9 Å². The molecule has 0 aliphatic heterocycles. The second kappa shape index (κ2) is 9.22. The number of ether oxygens (including phenoxy) is 1. The highest BCUT2D eigenvalue weighted by molar-refractivity contribution is 5.68. The van der Waals surface area contributed by atoms with Crippen molar-refractivity contribution < 1.29 is 9.13 Å². The first-order valence-electron chi connectivity index (χ1n) is 9.82. The molecule has 0 radical (unpaired) electrons. The van der Waals surface area contributed by atoms with E-state index in [4.69, 9.17) is 10.00 Å². The van der Waals surface area contributed by atoms with Crippen LogP contribution in [0, 0.1) is 28.6 Å². The molecule has 2 aromatic heterocycles. The predicted molar refractivity (Wildman–Crippen MR) is 115 cm³/mol. The SMILES string of the molecule is Cn1cncc1C(OCc1ccc(C#N)cc1-c1ccc(F)nc1)c1ccc(C#N)cc1. The van der Waals surface area contributed by atoms with Crippen molar-refractivity contribution in [1.82, 2.24) is 14.5 Å². The molecular weight excluding hydrogens is 405 g/mol. The van der Waals surface area contributed by atoms with E-state index >= 15 is 0 Å².